The van der Waals surface area contributed by atoms with Gasteiger partial charge >= 0.3 is 5.97 Å². The van der Waals surface area contributed by atoms with Gasteiger partial charge in [0.05, 0.1) is 5.02 Å². The van der Waals surface area contributed by atoms with Crippen LogP contribution >= 0.6 is 27.5 Å². The number of ether oxygens (including phenoxy) is 2. The number of halogens is 2. The van der Waals surface area contributed by atoms with Gasteiger partial charge in [-0.3, -0.25) is 0 Å². The van der Waals surface area contributed by atoms with E-state index in [-0.39, 0.29) is 29.5 Å². The van der Waals surface area contributed by atoms with E-state index in [1.165, 1.54) is 6.07 Å². The van der Waals surface area contributed by atoms with Crippen molar-refractivity contribution in [3.8, 4) is 11.5 Å². The van der Waals surface area contributed by atoms with E-state index in [9.17, 15) is 4.79 Å². The summed E-state index contributed by atoms with van der Waals surface area (Å²) in [6, 6.07) is 12.0. The number of carbonyl (C=O) groups is 1. The van der Waals surface area contributed by atoms with Crippen LogP contribution in [-0.4, -0.2) is 24.3 Å². The van der Waals surface area contributed by atoms with E-state index in [0.717, 1.165) is 4.47 Å². The predicted octanol–water partition coefficient (Wildman–Crippen LogP) is 4.26. The van der Waals surface area contributed by atoms with Gasteiger partial charge in [0, 0.05) is 4.47 Å². The van der Waals surface area contributed by atoms with E-state index in [2.05, 4.69) is 15.9 Å². The van der Waals surface area contributed by atoms with Crippen LogP contribution in [0.3, 0.4) is 0 Å². The van der Waals surface area contributed by atoms with Gasteiger partial charge in [-0.1, -0.05) is 39.7 Å². The van der Waals surface area contributed by atoms with Crippen LogP contribution in [-0.2, 0) is 0 Å². The Bertz CT molecular complexity index is 645. The Morgan fingerprint density at radius 3 is 2.57 bits per heavy atom. The van der Waals surface area contributed by atoms with Crippen molar-refractivity contribution in [1.29, 1.82) is 0 Å². The maximum absolute atomic E-state index is 11.1. The topological polar surface area (TPSA) is 55.8 Å². The predicted molar refractivity (Wildman–Crippen MR) is 83.5 cm³/mol. The van der Waals surface area contributed by atoms with Crippen LogP contribution in [0.25, 0.3) is 0 Å². The van der Waals surface area contributed by atoms with Crippen molar-refractivity contribution in [3.63, 3.8) is 0 Å². The highest BCUT2D eigenvalue weighted by molar-refractivity contribution is 9.10. The fourth-order valence-corrected chi connectivity index (χ4v) is 2.29. The first kappa shape index (κ1) is 15.7. The third-order valence-corrected chi connectivity index (χ3v) is 3.38. The number of aromatic carboxylic acids is 1. The normalized spacial score (nSPS) is 10.2. The Hall–Kier alpha value is -1.72. The summed E-state index contributed by atoms with van der Waals surface area (Å²) >= 11 is 9.30. The largest absolute Gasteiger partial charge is 0.490 e. The zero-order chi connectivity index (χ0) is 15.2. The highest BCUT2D eigenvalue weighted by Gasteiger charge is 2.14. The van der Waals surface area contributed by atoms with Gasteiger partial charge < -0.3 is 14.6 Å². The van der Waals surface area contributed by atoms with E-state index >= 15 is 0 Å². The van der Waals surface area contributed by atoms with Gasteiger partial charge in [-0.05, 0) is 30.3 Å². The average Bonchev–Trinajstić information content (AvgIpc) is 2.44. The first-order valence-electron chi connectivity index (χ1n) is 6.11. The molecule has 0 heterocycles. The van der Waals surface area contributed by atoms with Crippen molar-refractivity contribution >= 4 is 33.5 Å². The average molecular weight is 372 g/mol. The second-order valence-electron chi connectivity index (χ2n) is 4.08. The molecule has 0 aromatic heterocycles. The first-order valence-corrected chi connectivity index (χ1v) is 7.28. The van der Waals surface area contributed by atoms with E-state index in [1.807, 2.05) is 24.3 Å². The molecule has 0 atom stereocenters. The van der Waals surface area contributed by atoms with E-state index in [1.54, 1.807) is 12.1 Å². The summed E-state index contributed by atoms with van der Waals surface area (Å²) in [5.41, 5.74) is 0.0324. The van der Waals surface area contributed by atoms with Gasteiger partial charge in [0.1, 0.15) is 24.5 Å². The van der Waals surface area contributed by atoms with Crippen molar-refractivity contribution in [1.82, 2.24) is 0 Å². The number of carboxylic acids is 1. The molecule has 110 valence electrons. The molecule has 0 bridgehead atoms. The van der Waals surface area contributed by atoms with Crippen molar-refractivity contribution in [2.24, 2.45) is 0 Å². The third kappa shape index (κ3) is 4.37. The van der Waals surface area contributed by atoms with Gasteiger partial charge in [0.15, 0.2) is 5.75 Å². The highest BCUT2D eigenvalue weighted by atomic mass is 79.9. The molecule has 2 rings (SSSR count). The van der Waals surface area contributed by atoms with Crippen LogP contribution in [0.15, 0.2) is 46.9 Å². The van der Waals surface area contributed by atoms with Crippen LogP contribution < -0.4 is 9.47 Å². The maximum atomic E-state index is 11.1. The molecule has 1 N–H and O–H groups in total. The Morgan fingerprint density at radius 1 is 1.14 bits per heavy atom. The molecule has 0 aliphatic carbocycles. The molecule has 0 fully saturated rings. The number of benzene rings is 2. The minimum atomic E-state index is -1.08. The summed E-state index contributed by atoms with van der Waals surface area (Å²) < 4.78 is 11.9. The smallest absolute Gasteiger partial charge is 0.339 e. The monoisotopic (exact) mass is 370 g/mol. The SMILES string of the molecule is O=C(O)c1cccc(Cl)c1OCCOc1cccc(Br)c1. The fourth-order valence-electron chi connectivity index (χ4n) is 1.68. The molecule has 4 nitrogen and oxygen atoms in total. The van der Waals surface area contributed by atoms with E-state index in [4.69, 9.17) is 26.2 Å². The second kappa shape index (κ2) is 7.33. The lowest BCUT2D eigenvalue weighted by atomic mass is 10.2. The molecule has 0 saturated carbocycles. The Morgan fingerprint density at radius 2 is 1.86 bits per heavy atom. The van der Waals surface area contributed by atoms with Gasteiger partial charge in [-0.25, -0.2) is 4.79 Å². The van der Waals surface area contributed by atoms with E-state index < -0.39 is 5.97 Å². The summed E-state index contributed by atoms with van der Waals surface area (Å²) in [7, 11) is 0. The number of rotatable bonds is 6. The highest BCUT2D eigenvalue weighted by Crippen LogP contribution is 2.28. The van der Waals surface area contributed by atoms with Gasteiger partial charge in [-0.2, -0.15) is 0 Å². The Balaban J connectivity index is 1.93. The number of hydrogen-bond acceptors (Lipinski definition) is 3. The van der Waals surface area contributed by atoms with E-state index in [0.29, 0.717) is 5.75 Å². The van der Waals surface area contributed by atoms with Crippen molar-refractivity contribution in [3.05, 3.63) is 57.5 Å². The standard InChI is InChI=1S/C15H12BrClO4/c16-10-3-1-4-11(9-10)20-7-8-21-14-12(15(18)19)5-2-6-13(14)17/h1-6,9H,7-8H2,(H,18,19). The van der Waals surface area contributed by atoms with Crippen molar-refractivity contribution in [2.75, 3.05) is 13.2 Å². The number of hydrogen-bond donors (Lipinski definition) is 1. The summed E-state index contributed by atoms with van der Waals surface area (Å²) in [6.45, 7) is 0.470. The molecular weight excluding hydrogens is 360 g/mol. The molecule has 0 radical (unpaired) electrons. The minimum absolute atomic E-state index is 0.0324. The van der Waals surface area contributed by atoms with Crippen LogP contribution in [0, 0.1) is 0 Å². The molecular formula is C15H12BrClO4. The number of para-hydroxylation sites is 1. The van der Waals surface area contributed by atoms with Crippen LogP contribution in [0.2, 0.25) is 5.02 Å². The lowest BCUT2D eigenvalue weighted by Crippen LogP contribution is -2.11. The lowest BCUT2D eigenvalue weighted by molar-refractivity contribution is 0.0691. The zero-order valence-corrected chi connectivity index (χ0v) is 13.2. The fraction of sp³-hybridized carbons (Fsp3) is 0.133. The molecule has 0 aliphatic rings. The van der Waals surface area contributed by atoms with Gasteiger partial charge in [-0.15, -0.1) is 0 Å². The molecule has 0 unspecified atom stereocenters. The van der Waals surface area contributed by atoms with Crippen LogP contribution in [0.4, 0.5) is 0 Å². The molecule has 0 amide bonds. The lowest BCUT2D eigenvalue weighted by Gasteiger charge is -2.11. The first-order chi connectivity index (χ1) is 10.1. The van der Waals surface area contributed by atoms with Gasteiger partial charge in [0.2, 0.25) is 0 Å². The Labute approximate surface area is 135 Å². The third-order valence-electron chi connectivity index (χ3n) is 2.59. The minimum Gasteiger partial charge on any atom is -0.490 e. The summed E-state index contributed by atoms with van der Waals surface area (Å²) in [5.74, 6) is -0.226. The molecule has 0 spiro atoms. The van der Waals surface area contributed by atoms with Crippen LogP contribution in [0.1, 0.15) is 10.4 Å². The zero-order valence-electron chi connectivity index (χ0n) is 10.9. The quantitative estimate of drug-likeness (QED) is 0.771. The second-order valence-corrected chi connectivity index (χ2v) is 5.40. The molecule has 0 saturated heterocycles. The van der Waals surface area contributed by atoms with Crippen molar-refractivity contribution < 1.29 is 19.4 Å². The maximum Gasteiger partial charge on any atom is 0.339 e. The number of carboxylic acid groups (broad SMARTS) is 1. The summed E-state index contributed by atoms with van der Waals surface area (Å²) in [4.78, 5) is 11.1. The molecule has 6 heteroatoms. The Kier molecular flexibility index (Phi) is 5.47. The molecule has 2 aromatic carbocycles. The molecule has 2 aromatic rings. The van der Waals surface area contributed by atoms with Crippen LogP contribution in [0.5, 0.6) is 11.5 Å². The van der Waals surface area contributed by atoms with Gasteiger partial charge in [0.25, 0.3) is 0 Å². The molecule has 0 aliphatic heterocycles. The van der Waals surface area contributed by atoms with Crippen molar-refractivity contribution in [2.45, 2.75) is 0 Å². The summed E-state index contributed by atoms with van der Waals surface area (Å²) in [6.07, 6.45) is 0. The molecule has 21 heavy (non-hydrogen) atoms. The summed E-state index contributed by atoms with van der Waals surface area (Å²) in [5, 5.41) is 9.34.